The van der Waals surface area contributed by atoms with Gasteiger partial charge in [-0.3, -0.25) is 0 Å². The Balaban J connectivity index is 1.98. The number of carboxylic acid groups (broad SMARTS) is 1. The number of rotatable bonds is 3. The predicted octanol–water partition coefficient (Wildman–Crippen LogP) is 5.24. The normalized spacial score (nSPS) is 18.0. The van der Waals surface area contributed by atoms with Crippen LogP contribution in [0.5, 0.6) is 0 Å². The Morgan fingerprint density at radius 3 is 2.42 bits per heavy atom. The number of pyridine rings is 1. The van der Waals surface area contributed by atoms with Crippen LogP contribution in [0.3, 0.4) is 0 Å². The van der Waals surface area contributed by atoms with Gasteiger partial charge in [-0.05, 0) is 53.9 Å². The van der Waals surface area contributed by atoms with Crippen molar-refractivity contribution >= 4 is 28.1 Å². The molecule has 24 heavy (non-hydrogen) atoms. The smallest absolute Gasteiger partial charge is 0.337 e. The molecule has 0 saturated heterocycles. The molecule has 0 aliphatic heterocycles. The summed E-state index contributed by atoms with van der Waals surface area (Å²) in [5, 5.41) is 13.5. The molecule has 0 bridgehead atoms. The van der Waals surface area contributed by atoms with Crippen LogP contribution in [0.1, 0.15) is 66.9 Å². The summed E-state index contributed by atoms with van der Waals surface area (Å²) in [6, 6.07) is 3.30. The maximum absolute atomic E-state index is 10.9. The molecule has 3 rings (SSSR count). The van der Waals surface area contributed by atoms with Gasteiger partial charge in [-0.1, -0.05) is 27.7 Å². The van der Waals surface area contributed by atoms with Gasteiger partial charge in [-0.2, -0.15) is 0 Å². The van der Waals surface area contributed by atoms with E-state index in [-0.39, 0.29) is 16.4 Å². The molecule has 0 saturated carbocycles. The zero-order chi connectivity index (χ0) is 17.7. The van der Waals surface area contributed by atoms with Crippen LogP contribution in [-0.4, -0.2) is 16.1 Å². The minimum Gasteiger partial charge on any atom is -0.478 e. The van der Waals surface area contributed by atoms with Gasteiger partial charge in [-0.25, -0.2) is 9.78 Å². The SMILES string of the molecule is Cc1c(Nc2ccc(C(=O)O)cn2)sc2c1C(C)(C)CCC2(C)C. The fourth-order valence-corrected chi connectivity index (χ4v) is 5.02. The molecular weight excluding hydrogens is 320 g/mol. The van der Waals surface area contributed by atoms with E-state index in [1.165, 1.54) is 35.0 Å². The summed E-state index contributed by atoms with van der Waals surface area (Å²) in [4.78, 5) is 16.6. The second-order valence-electron chi connectivity index (χ2n) is 7.89. The van der Waals surface area contributed by atoms with Crippen LogP contribution in [0, 0.1) is 6.92 Å². The molecule has 0 fully saturated rings. The Bertz CT molecular complexity index is 788. The Morgan fingerprint density at radius 2 is 1.88 bits per heavy atom. The molecule has 2 aromatic rings. The summed E-state index contributed by atoms with van der Waals surface area (Å²) in [5.74, 6) is -0.280. The van der Waals surface area contributed by atoms with Gasteiger partial charge >= 0.3 is 5.97 Å². The van der Waals surface area contributed by atoms with Gasteiger partial charge < -0.3 is 10.4 Å². The molecule has 4 nitrogen and oxygen atoms in total. The molecule has 1 aliphatic rings. The van der Waals surface area contributed by atoms with Crippen molar-refractivity contribution in [1.82, 2.24) is 4.98 Å². The number of aromatic carboxylic acids is 1. The lowest BCUT2D eigenvalue weighted by Gasteiger charge is -2.39. The van der Waals surface area contributed by atoms with E-state index in [1.807, 2.05) is 11.3 Å². The third kappa shape index (κ3) is 2.81. The molecule has 2 aromatic heterocycles. The Kier molecular flexibility index (Phi) is 3.95. The highest BCUT2D eigenvalue weighted by atomic mass is 32.1. The van der Waals surface area contributed by atoms with Crippen molar-refractivity contribution in [2.24, 2.45) is 0 Å². The van der Waals surface area contributed by atoms with Crippen LogP contribution in [0.4, 0.5) is 10.8 Å². The zero-order valence-electron chi connectivity index (χ0n) is 14.9. The second kappa shape index (κ2) is 5.59. The van der Waals surface area contributed by atoms with E-state index < -0.39 is 5.97 Å². The molecule has 5 heteroatoms. The number of anilines is 2. The van der Waals surface area contributed by atoms with Crippen LogP contribution in [0.15, 0.2) is 18.3 Å². The summed E-state index contributed by atoms with van der Waals surface area (Å²) in [6.45, 7) is 11.5. The van der Waals surface area contributed by atoms with Gasteiger partial charge in [-0.15, -0.1) is 11.3 Å². The average Bonchev–Trinajstić information content (AvgIpc) is 2.84. The quantitative estimate of drug-likeness (QED) is 0.799. The lowest BCUT2D eigenvalue weighted by molar-refractivity contribution is 0.0696. The third-order valence-corrected chi connectivity index (χ3v) is 6.64. The van der Waals surface area contributed by atoms with Crippen molar-refractivity contribution in [2.45, 2.75) is 58.3 Å². The largest absolute Gasteiger partial charge is 0.478 e. The molecule has 0 atom stereocenters. The van der Waals surface area contributed by atoms with E-state index in [9.17, 15) is 4.79 Å². The van der Waals surface area contributed by atoms with Crippen LogP contribution in [-0.2, 0) is 10.8 Å². The number of nitrogens with one attached hydrogen (secondary N) is 1. The fraction of sp³-hybridized carbons (Fsp3) is 0.474. The standard InChI is InChI=1S/C19H24N2O2S/c1-11-14-15(19(4,5)9-8-18(14,2)3)24-16(11)21-13-7-6-12(10-20-13)17(22)23/h6-7,10H,8-9H2,1-5H3,(H,20,21)(H,22,23). The zero-order valence-corrected chi connectivity index (χ0v) is 15.7. The lowest BCUT2D eigenvalue weighted by atomic mass is 9.66. The highest BCUT2D eigenvalue weighted by Crippen LogP contribution is 2.53. The van der Waals surface area contributed by atoms with Crippen molar-refractivity contribution in [3.8, 4) is 0 Å². The molecule has 0 unspecified atom stereocenters. The Hall–Kier alpha value is -1.88. The van der Waals surface area contributed by atoms with Crippen molar-refractivity contribution in [3.63, 3.8) is 0 Å². The van der Waals surface area contributed by atoms with E-state index in [4.69, 9.17) is 5.11 Å². The van der Waals surface area contributed by atoms with E-state index in [2.05, 4.69) is 44.9 Å². The van der Waals surface area contributed by atoms with Crippen LogP contribution in [0.2, 0.25) is 0 Å². The van der Waals surface area contributed by atoms with E-state index in [0.717, 1.165) is 5.00 Å². The van der Waals surface area contributed by atoms with Gasteiger partial charge in [0.05, 0.1) is 10.6 Å². The molecule has 0 amide bonds. The van der Waals surface area contributed by atoms with Crippen LogP contribution >= 0.6 is 11.3 Å². The number of nitrogens with zero attached hydrogens (tertiary/aromatic N) is 1. The van der Waals surface area contributed by atoms with Crippen molar-refractivity contribution in [2.75, 3.05) is 5.32 Å². The van der Waals surface area contributed by atoms with Gasteiger partial charge in [0.2, 0.25) is 0 Å². The van der Waals surface area contributed by atoms with Crippen LogP contribution in [0.25, 0.3) is 0 Å². The third-order valence-electron chi connectivity index (χ3n) is 5.07. The summed E-state index contributed by atoms with van der Waals surface area (Å²) >= 11 is 1.81. The maximum atomic E-state index is 10.9. The molecule has 1 aliphatic carbocycles. The Labute approximate surface area is 146 Å². The summed E-state index contributed by atoms with van der Waals surface area (Å²) in [5.41, 5.74) is 3.34. The van der Waals surface area contributed by atoms with E-state index in [1.54, 1.807) is 12.1 Å². The average molecular weight is 344 g/mol. The molecular formula is C19H24N2O2S. The second-order valence-corrected chi connectivity index (χ2v) is 8.91. The van der Waals surface area contributed by atoms with Crippen molar-refractivity contribution < 1.29 is 9.90 Å². The summed E-state index contributed by atoms with van der Waals surface area (Å²) in [7, 11) is 0. The number of thiophene rings is 1. The summed E-state index contributed by atoms with van der Waals surface area (Å²) < 4.78 is 0. The summed E-state index contributed by atoms with van der Waals surface area (Å²) in [6.07, 6.45) is 3.77. The first kappa shape index (κ1) is 17.0. The van der Waals surface area contributed by atoms with Gasteiger partial charge in [0.25, 0.3) is 0 Å². The maximum Gasteiger partial charge on any atom is 0.337 e. The molecule has 2 heterocycles. The number of carbonyl (C=O) groups is 1. The van der Waals surface area contributed by atoms with Crippen molar-refractivity contribution in [1.29, 1.82) is 0 Å². The van der Waals surface area contributed by atoms with Crippen molar-refractivity contribution in [3.05, 3.63) is 39.9 Å². The molecule has 128 valence electrons. The molecule has 2 N–H and O–H groups in total. The van der Waals surface area contributed by atoms with Gasteiger partial charge in [0, 0.05) is 11.1 Å². The number of hydrogen-bond acceptors (Lipinski definition) is 4. The number of fused-ring (bicyclic) bond motifs is 1. The topological polar surface area (TPSA) is 62.2 Å². The number of carboxylic acids is 1. The highest BCUT2D eigenvalue weighted by Gasteiger charge is 2.40. The minimum absolute atomic E-state index is 0.186. The number of hydrogen-bond donors (Lipinski definition) is 2. The first-order valence-electron chi connectivity index (χ1n) is 8.22. The minimum atomic E-state index is -0.958. The molecule has 0 aromatic carbocycles. The lowest BCUT2D eigenvalue weighted by Crippen LogP contribution is -2.32. The predicted molar refractivity (Wildman–Crippen MR) is 98.8 cm³/mol. The Morgan fingerprint density at radius 1 is 1.21 bits per heavy atom. The van der Waals surface area contributed by atoms with Gasteiger partial charge in [0.15, 0.2) is 0 Å². The van der Waals surface area contributed by atoms with E-state index >= 15 is 0 Å². The monoisotopic (exact) mass is 344 g/mol. The first-order valence-corrected chi connectivity index (χ1v) is 9.04. The molecule has 0 spiro atoms. The fourth-order valence-electron chi connectivity index (χ4n) is 3.50. The first-order chi connectivity index (χ1) is 11.1. The number of aromatic nitrogens is 1. The molecule has 0 radical (unpaired) electrons. The van der Waals surface area contributed by atoms with Crippen LogP contribution < -0.4 is 5.32 Å². The highest BCUT2D eigenvalue weighted by molar-refractivity contribution is 7.16. The van der Waals surface area contributed by atoms with E-state index in [0.29, 0.717) is 5.82 Å². The van der Waals surface area contributed by atoms with Gasteiger partial charge in [0.1, 0.15) is 5.82 Å².